The lowest BCUT2D eigenvalue weighted by atomic mass is 9.87. The van der Waals surface area contributed by atoms with Gasteiger partial charge in [0.2, 0.25) is 0 Å². The van der Waals surface area contributed by atoms with Crippen LogP contribution in [0.3, 0.4) is 0 Å². The molecule has 1 N–H and O–H groups in total. The summed E-state index contributed by atoms with van der Waals surface area (Å²) in [6.45, 7) is 5.42. The number of alkyl halides is 3. The Bertz CT molecular complexity index is 380. The van der Waals surface area contributed by atoms with Crippen LogP contribution in [-0.2, 0) is 5.41 Å². The first kappa shape index (κ1) is 13.2. The van der Waals surface area contributed by atoms with Gasteiger partial charge in [0.25, 0.3) is 0 Å². The van der Waals surface area contributed by atoms with Gasteiger partial charge in [0, 0.05) is 4.90 Å². The molecule has 0 saturated carbocycles. The molecule has 1 nitrogen and oxygen atoms in total. The summed E-state index contributed by atoms with van der Waals surface area (Å²) in [4.78, 5) is 0.137. The van der Waals surface area contributed by atoms with E-state index in [1.807, 2.05) is 20.8 Å². The summed E-state index contributed by atoms with van der Waals surface area (Å²) in [7, 11) is 0. The Kier molecular flexibility index (Phi) is 3.47. The van der Waals surface area contributed by atoms with E-state index in [1.165, 1.54) is 18.2 Å². The van der Waals surface area contributed by atoms with Crippen LogP contribution >= 0.6 is 11.8 Å². The van der Waals surface area contributed by atoms with Crippen molar-refractivity contribution < 1.29 is 18.3 Å². The van der Waals surface area contributed by atoms with Crippen molar-refractivity contribution in [2.75, 3.05) is 0 Å². The number of halogens is 3. The smallest absolute Gasteiger partial charge is 0.446 e. The standard InChI is InChI=1S/C11H13F3OS/c1-10(2,3)8-6-7(15)4-5-9(8)16-11(12,13)14/h4-6,15H,1-3H3. The molecule has 0 aliphatic rings. The first-order valence-corrected chi connectivity index (χ1v) is 5.50. The normalized spacial score (nSPS) is 12.9. The van der Waals surface area contributed by atoms with Crippen molar-refractivity contribution in [3.05, 3.63) is 23.8 Å². The number of hydrogen-bond donors (Lipinski definition) is 1. The zero-order valence-corrected chi connectivity index (χ0v) is 10.0. The molecular weight excluding hydrogens is 237 g/mol. The second-order valence-electron chi connectivity index (χ2n) is 4.48. The maximum absolute atomic E-state index is 12.3. The van der Waals surface area contributed by atoms with Gasteiger partial charge in [-0.15, -0.1) is 0 Å². The largest absolute Gasteiger partial charge is 0.508 e. The highest BCUT2D eigenvalue weighted by atomic mass is 32.2. The maximum atomic E-state index is 12.3. The van der Waals surface area contributed by atoms with Gasteiger partial charge in [0.05, 0.1) is 0 Å². The van der Waals surface area contributed by atoms with Gasteiger partial charge in [0.15, 0.2) is 0 Å². The van der Waals surface area contributed by atoms with Crippen LogP contribution in [0.1, 0.15) is 26.3 Å². The van der Waals surface area contributed by atoms with Crippen LogP contribution in [0, 0.1) is 0 Å². The quantitative estimate of drug-likeness (QED) is 0.750. The van der Waals surface area contributed by atoms with Gasteiger partial charge >= 0.3 is 5.51 Å². The molecule has 5 heteroatoms. The molecule has 0 aliphatic heterocycles. The predicted octanol–water partition coefficient (Wildman–Crippen LogP) is 4.30. The maximum Gasteiger partial charge on any atom is 0.446 e. The summed E-state index contributed by atoms with van der Waals surface area (Å²) >= 11 is -0.148. The van der Waals surface area contributed by atoms with Gasteiger partial charge in [0.1, 0.15) is 5.75 Å². The van der Waals surface area contributed by atoms with Crippen molar-refractivity contribution in [1.82, 2.24) is 0 Å². The van der Waals surface area contributed by atoms with E-state index in [0.29, 0.717) is 5.56 Å². The summed E-state index contributed by atoms with van der Waals surface area (Å²) in [6.07, 6.45) is 0. The molecule has 1 aromatic rings. The van der Waals surface area contributed by atoms with Crippen molar-refractivity contribution in [1.29, 1.82) is 0 Å². The molecule has 16 heavy (non-hydrogen) atoms. The highest BCUT2D eigenvalue weighted by Gasteiger charge is 2.32. The lowest BCUT2D eigenvalue weighted by molar-refractivity contribution is -0.0328. The molecular formula is C11H13F3OS. The van der Waals surface area contributed by atoms with Crippen molar-refractivity contribution >= 4 is 11.8 Å². The average Bonchev–Trinajstić information content (AvgIpc) is 2.04. The zero-order chi connectivity index (χ0) is 12.6. The molecule has 0 aliphatic carbocycles. The van der Waals surface area contributed by atoms with Crippen molar-refractivity contribution in [3.63, 3.8) is 0 Å². The fourth-order valence-corrected chi connectivity index (χ4v) is 2.18. The molecule has 0 fully saturated rings. The van der Waals surface area contributed by atoms with Crippen LogP contribution in [0.15, 0.2) is 23.1 Å². The number of hydrogen-bond acceptors (Lipinski definition) is 2. The van der Waals surface area contributed by atoms with E-state index < -0.39 is 10.9 Å². The summed E-state index contributed by atoms with van der Waals surface area (Å²) in [6, 6.07) is 3.95. The number of benzene rings is 1. The Balaban J connectivity index is 3.19. The molecule has 0 aromatic heterocycles. The number of rotatable bonds is 1. The second kappa shape index (κ2) is 4.20. The zero-order valence-electron chi connectivity index (χ0n) is 9.22. The molecule has 0 bridgehead atoms. The molecule has 0 saturated heterocycles. The van der Waals surface area contributed by atoms with Crippen molar-refractivity contribution in [2.24, 2.45) is 0 Å². The van der Waals surface area contributed by atoms with Crippen LogP contribution < -0.4 is 0 Å². The molecule has 1 aromatic carbocycles. The number of phenolic OH excluding ortho intramolecular Hbond substituents is 1. The lowest BCUT2D eigenvalue weighted by Crippen LogP contribution is -2.13. The number of thioether (sulfide) groups is 1. The molecule has 0 amide bonds. The van der Waals surface area contributed by atoms with Crippen molar-refractivity contribution in [2.45, 2.75) is 36.6 Å². The molecule has 0 heterocycles. The SMILES string of the molecule is CC(C)(C)c1cc(O)ccc1SC(F)(F)F. The van der Waals surface area contributed by atoms with Gasteiger partial charge in [-0.2, -0.15) is 13.2 Å². The first-order chi connectivity index (χ1) is 7.09. The molecule has 0 atom stereocenters. The minimum atomic E-state index is -4.31. The molecule has 90 valence electrons. The Morgan fingerprint density at radius 2 is 1.69 bits per heavy atom. The average molecular weight is 250 g/mol. The van der Waals surface area contributed by atoms with Crippen LogP contribution in [0.25, 0.3) is 0 Å². The Labute approximate surface area is 96.7 Å². The van der Waals surface area contributed by atoms with Crippen LogP contribution in [-0.4, -0.2) is 10.6 Å². The van der Waals surface area contributed by atoms with Gasteiger partial charge < -0.3 is 5.11 Å². The molecule has 1 rings (SSSR count). The second-order valence-corrected chi connectivity index (χ2v) is 5.59. The summed E-state index contributed by atoms with van der Waals surface area (Å²) < 4.78 is 36.9. The minimum absolute atomic E-state index is 0.0172. The van der Waals surface area contributed by atoms with E-state index in [1.54, 1.807) is 0 Å². The minimum Gasteiger partial charge on any atom is -0.508 e. The third kappa shape index (κ3) is 3.63. The van der Waals surface area contributed by atoms with Gasteiger partial charge in [-0.3, -0.25) is 0 Å². The molecule has 0 radical (unpaired) electrons. The van der Waals surface area contributed by atoms with E-state index >= 15 is 0 Å². The fourth-order valence-electron chi connectivity index (χ4n) is 1.32. The van der Waals surface area contributed by atoms with E-state index in [2.05, 4.69) is 0 Å². The topological polar surface area (TPSA) is 20.2 Å². The predicted molar refractivity (Wildman–Crippen MR) is 58.7 cm³/mol. The van der Waals surface area contributed by atoms with Crippen LogP contribution in [0.5, 0.6) is 5.75 Å². The van der Waals surface area contributed by atoms with E-state index in [4.69, 9.17) is 0 Å². The Hall–Kier alpha value is -0.840. The van der Waals surface area contributed by atoms with Gasteiger partial charge in [-0.1, -0.05) is 20.8 Å². The number of aromatic hydroxyl groups is 1. The lowest BCUT2D eigenvalue weighted by Gasteiger charge is -2.23. The van der Waals surface area contributed by atoms with Gasteiger partial charge in [-0.25, -0.2) is 0 Å². The number of phenols is 1. The van der Waals surface area contributed by atoms with E-state index in [0.717, 1.165) is 0 Å². The third-order valence-corrected chi connectivity index (χ3v) is 2.80. The van der Waals surface area contributed by atoms with Crippen LogP contribution in [0.2, 0.25) is 0 Å². The van der Waals surface area contributed by atoms with E-state index in [-0.39, 0.29) is 22.4 Å². The monoisotopic (exact) mass is 250 g/mol. The highest BCUT2D eigenvalue weighted by Crippen LogP contribution is 2.42. The summed E-state index contributed by atoms with van der Waals surface area (Å²) in [5.41, 5.74) is -4.25. The van der Waals surface area contributed by atoms with E-state index in [9.17, 15) is 18.3 Å². The van der Waals surface area contributed by atoms with Gasteiger partial charge in [-0.05, 0) is 40.9 Å². The van der Waals surface area contributed by atoms with Crippen molar-refractivity contribution in [3.8, 4) is 5.75 Å². The third-order valence-electron chi connectivity index (χ3n) is 2.00. The molecule has 0 unspecified atom stereocenters. The Morgan fingerprint density at radius 1 is 1.12 bits per heavy atom. The Morgan fingerprint density at radius 3 is 2.12 bits per heavy atom. The highest BCUT2D eigenvalue weighted by molar-refractivity contribution is 8.00. The van der Waals surface area contributed by atoms with Crippen LogP contribution in [0.4, 0.5) is 13.2 Å². The summed E-state index contributed by atoms with van der Waals surface area (Å²) in [5.74, 6) is -0.0172. The fraction of sp³-hybridized carbons (Fsp3) is 0.455. The molecule has 0 spiro atoms. The first-order valence-electron chi connectivity index (χ1n) is 4.69. The summed E-state index contributed by atoms with van der Waals surface area (Å²) in [5, 5.41) is 9.31.